The van der Waals surface area contributed by atoms with Gasteiger partial charge in [-0.1, -0.05) is 32.9 Å². The number of carbonyl (C=O) groups is 1. The summed E-state index contributed by atoms with van der Waals surface area (Å²) in [5, 5.41) is 6.36. The molecule has 1 fully saturated rings. The standard InChI is InChI=1S/C21H27N3O/c1-21(2,3)17-5-4-6-18(15-17)23-20(25)16-7-9-19(10-8-16)24-13-11-22-12-14-24/h4-10,15,22H,11-14H2,1-3H3,(H,23,25). The number of rotatable bonds is 3. The van der Waals surface area contributed by atoms with Crippen LogP contribution in [0.1, 0.15) is 36.7 Å². The van der Waals surface area contributed by atoms with Crippen molar-refractivity contribution in [2.24, 2.45) is 0 Å². The molecule has 3 rings (SSSR count). The largest absolute Gasteiger partial charge is 0.369 e. The van der Waals surface area contributed by atoms with Crippen molar-refractivity contribution in [1.82, 2.24) is 5.32 Å². The van der Waals surface area contributed by atoms with Gasteiger partial charge >= 0.3 is 0 Å². The highest BCUT2D eigenvalue weighted by Crippen LogP contribution is 2.25. The van der Waals surface area contributed by atoms with E-state index in [1.54, 1.807) is 0 Å². The number of amides is 1. The molecule has 0 saturated carbocycles. The zero-order valence-electron chi connectivity index (χ0n) is 15.3. The van der Waals surface area contributed by atoms with Gasteiger partial charge in [0.15, 0.2) is 0 Å². The molecule has 4 heteroatoms. The Hall–Kier alpha value is -2.33. The minimum absolute atomic E-state index is 0.0612. The van der Waals surface area contributed by atoms with E-state index in [4.69, 9.17) is 0 Å². The number of piperazine rings is 1. The molecule has 2 N–H and O–H groups in total. The van der Waals surface area contributed by atoms with Crippen LogP contribution in [-0.2, 0) is 5.41 Å². The van der Waals surface area contributed by atoms with Gasteiger partial charge in [0.05, 0.1) is 0 Å². The fourth-order valence-electron chi connectivity index (χ4n) is 3.01. The van der Waals surface area contributed by atoms with Gasteiger partial charge in [-0.3, -0.25) is 4.79 Å². The van der Waals surface area contributed by atoms with Crippen LogP contribution in [-0.4, -0.2) is 32.1 Å². The van der Waals surface area contributed by atoms with Gasteiger partial charge in [0.25, 0.3) is 5.91 Å². The number of anilines is 2. The predicted octanol–water partition coefficient (Wildman–Crippen LogP) is 3.65. The summed E-state index contributed by atoms with van der Waals surface area (Å²) < 4.78 is 0. The summed E-state index contributed by atoms with van der Waals surface area (Å²) in [7, 11) is 0. The first kappa shape index (κ1) is 17.5. The molecule has 0 aliphatic carbocycles. The van der Waals surface area contributed by atoms with Gasteiger partial charge in [0, 0.05) is 43.1 Å². The highest BCUT2D eigenvalue weighted by Gasteiger charge is 2.15. The van der Waals surface area contributed by atoms with Crippen LogP contribution in [0.5, 0.6) is 0 Å². The van der Waals surface area contributed by atoms with Crippen LogP contribution in [0, 0.1) is 0 Å². The topological polar surface area (TPSA) is 44.4 Å². The number of nitrogens with one attached hydrogen (secondary N) is 2. The molecule has 25 heavy (non-hydrogen) atoms. The van der Waals surface area contributed by atoms with Crippen molar-refractivity contribution in [3.05, 3.63) is 59.7 Å². The summed E-state index contributed by atoms with van der Waals surface area (Å²) in [5.74, 6) is -0.0714. The van der Waals surface area contributed by atoms with Crippen molar-refractivity contribution in [3.63, 3.8) is 0 Å². The Morgan fingerprint density at radius 2 is 1.72 bits per heavy atom. The predicted molar refractivity (Wildman–Crippen MR) is 105 cm³/mol. The SMILES string of the molecule is CC(C)(C)c1cccc(NC(=O)c2ccc(N3CCNCC3)cc2)c1. The van der Waals surface area contributed by atoms with E-state index in [1.807, 2.05) is 42.5 Å². The number of hydrogen-bond donors (Lipinski definition) is 2. The first-order valence-corrected chi connectivity index (χ1v) is 8.91. The van der Waals surface area contributed by atoms with Crippen molar-refractivity contribution in [2.45, 2.75) is 26.2 Å². The molecule has 1 aliphatic heterocycles. The lowest BCUT2D eigenvalue weighted by molar-refractivity contribution is 0.102. The van der Waals surface area contributed by atoms with E-state index in [0.29, 0.717) is 5.56 Å². The molecule has 0 atom stereocenters. The first-order valence-electron chi connectivity index (χ1n) is 8.91. The maximum absolute atomic E-state index is 12.5. The second-order valence-corrected chi connectivity index (χ2v) is 7.57. The highest BCUT2D eigenvalue weighted by atomic mass is 16.1. The zero-order chi connectivity index (χ0) is 17.9. The summed E-state index contributed by atoms with van der Waals surface area (Å²) >= 11 is 0. The molecular formula is C21H27N3O. The van der Waals surface area contributed by atoms with E-state index >= 15 is 0 Å². The van der Waals surface area contributed by atoms with Crippen molar-refractivity contribution in [3.8, 4) is 0 Å². The Balaban J connectivity index is 1.69. The van der Waals surface area contributed by atoms with Crippen LogP contribution in [0.2, 0.25) is 0 Å². The molecule has 1 aliphatic rings. The molecule has 2 aromatic carbocycles. The van der Waals surface area contributed by atoms with Gasteiger partial charge in [-0.2, -0.15) is 0 Å². The lowest BCUT2D eigenvalue weighted by Crippen LogP contribution is -2.43. The molecule has 0 aromatic heterocycles. The van der Waals surface area contributed by atoms with Gasteiger partial charge in [0.2, 0.25) is 0 Å². The fraction of sp³-hybridized carbons (Fsp3) is 0.381. The molecule has 1 amide bonds. The van der Waals surface area contributed by atoms with Crippen LogP contribution < -0.4 is 15.5 Å². The molecule has 0 spiro atoms. The number of hydrogen-bond acceptors (Lipinski definition) is 3. The van der Waals surface area contributed by atoms with Gasteiger partial charge in [0.1, 0.15) is 0 Å². The molecule has 0 radical (unpaired) electrons. The Kier molecular flexibility index (Phi) is 5.09. The number of benzene rings is 2. The summed E-state index contributed by atoms with van der Waals surface area (Å²) in [6, 6.07) is 15.9. The van der Waals surface area contributed by atoms with E-state index in [-0.39, 0.29) is 11.3 Å². The Labute approximate surface area is 150 Å². The van der Waals surface area contributed by atoms with E-state index in [0.717, 1.165) is 31.9 Å². The maximum Gasteiger partial charge on any atom is 0.255 e. The molecule has 2 aromatic rings. The third-order valence-electron chi connectivity index (χ3n) is 4.60. The Morgan fingerprint density at radius 3 is 2.36 bits per heavy atom. The normalized spacial score (nSPS) is 15.1. The third kappa shape index (κ3) is 4.40. The number of carbonyl (C=O) groups excluding carboxylic acids is 1. The van der Waals surface area contributed by atoms with Crippen LogP contribution in [0.25, 0.3) is 0 Å². The van der Waals surface area contributed by atoms with E-state index in [9.17, 15) is 4.79 Å². The molecule has 0 unspecified atom stereocenters. The van der Waals surface area contributed by atoms with Crippen LogP contribution in [0.15, 0.2) is 48.5 Å². The Bertz CT molecular complexity index is 726. The van der Waals surface area contributed by atoms with Crippen LogP contribution in [0.3, 0.4) is 0 Å². The van der Waals surface area contributed by atoms with Gasteiger partial charge in [-0.05, 0) is 47.4 Å². The van der Waals surface area contributed by atoms with Crippen molar-refractivity contribution >= 4 is 17.3 Å². The lowest BCUT2D eigenvalue weighted by Gasteiger charge is -2.29. The van der Waals surface area contributed by atoms with Gasteiger partial charge < -0.3 is 15.5 Å². The summed E-state index contributed by atoms with van der Waals surface area (Å²) in [6.45, 7) is 10.5. The van der Waals surface area contributed by atoms with Crippen LogP contribution >= 0.6 is 0 Å². The Morgan fingerprint density at radius 1 is 1.04 bits per heavy atom. The fourth-order valence-corrected chi connectivity index (χ4v) is 3.01. The molecule has 1 heterocycles. The van der Waals surface area contributed by atoms with Crippen molar-refractivity contribution in [1.29, 1.82) is 0 Å². The molecule has 1 saturated heterocycles. The van der Waals surface area contributed by atoms with Crippen LogP contribution in [0.4, 0.5) is 11.4 Å². The van der Waals surface area contributed by atoms with E-state index in [1.165, 1.54) is 11.3 Å². The number of nitrogens with zero attached hydrogens (tertiary/aromatic N) is 1. The van der Waals surface area contributed by atoms with Gasteiger partial charge in [-0.15, -0.1) is 0 Å². The highest BCUT2D eigenvalue weighted by molar-refractivity contribution is 6.04. The first-order chi connectivity index (χ1) is 11.9. The smallest absolute Gasteiger partial charge is 0.255 e. The van der Waals surface area contributed by atoms with Gasteiger partial charge in [-0.25, -0.2) is 0 Å². The quantitative estimate of drug-likeness (QED) is 0.899. The minimum Gasteiger partial charge on any atom is -0.369 e. The molecular weight excluding hydrogens is 310 g/mol. The third-order valence-corrected chi connectivity index (χ3v) is 4.60. The minimum atomic E-state index is -0.0714. The molecule has 4 nitrogen and oxygen atoms in total. The van der Waals surface area contributed by atoms with E-state index in [2.05, 4.69) is 42.4 Å². The monoisotopic (exact) mass is 337 g/mol. The average Bonchev–Trinajstić information content (AvgIpc) is 2.62. The average molecular weight is 337 g/mol. The second kappa shape index (κ2) is 7.28. The van der Waals surface area contributed by atoms with E-state index < -0.39 is 0 Å². The van der Waals surface area contributed by atoms with Crippen molar-refractivity contribution in [2.75, 3.05) is 36.4 Å². The molecule has 0 bridgehead atoms. The lowest BCUT2D eigenvalue weighted by atomic mass is 9.87. The summed E-state index contributed by atoms with van der Waals surface area (Å²) in [4.78, 5) is 14.9. The summed E-state index contributed by atoms with van der Waals surface area (Å²) in [6.07, 6.45) is 0. The van der Waals surface area contributed by atoms with Crippen molar-refractivity contribution < 1.29 is 4.79 Å². The maximum atomic E-state index is 12.5. The molecule has 132 valence electrons. The second-order valence-electron chi connectivity index (χ2n) is 7.57. The summed E-state index contributed by atoms with van der Waals surface area (Å²) in [5.41, 5.74) is 3.96. The zero-order valence-corrected chi connectivity index (χ0v) is 15.3.